The van der Waals surface area contributed by atoms with Crippen LogP contribution in [0.2, 0.25) is 0 Å². The lowest BCUT2D eigenvalue weighted by Gasteiger charge is -2.20. The van der Waals surface area contributed by atoms with Crippen molar-refractivity contribution in [2.75, 3.05) is 0 Å². The monoisotopic (exact) mass is 239 g/mol. The standard InChI is InChI=1S/C14H22FNO/c1-9(2)8-10(3)17-13-7-5-6-12(15)14(13)11(4)16/h5-7,9-11H,8,16H2,1-4H3/t10?,11-/m0/s1. The van der Waals surface area contributed by atoms with E-state index < -0.39 is 0 Å². The van der Waals surface area contributed by atoms with Crippen LogP contribution < -0.4 is 10.5 Å². The fourth-order valence-corrected chi connectivity index (χ4v) is 1.99. The van der Waals surface area contributed by atoms with Gasteiger partial charge in [0.1, 0.15) is 11.6 Å². The Morgan fingerprint density at radius 3 is 2.41 bits per heavy atom. The quantitative estimate of drug-likeness (QED) is 0.851. The molecule has 0 heterocycles. The van der Waals surface area contributed by atoms with Gasteiger partial charge in [0, 0.05) is 11.6 Å². The van der Waals surface area contributed by atoms with Gasteiger partial charge in [-0.3, -0.25) is 0 Å². The highest BCUT2D eigenvalue weighted by atomic mass is 19.1. The maximum atomic E-state index is 13.7. The number of rotatable bonds is 5. The second kappa shape index (κ2) is 6.01. The molecule has 17 heavy (non-hydrogen) atoms. The Labute approximate surface area is 103 Å². The maximum absolute atomic E-state index is 13.7. The van der Waals surface area contributed by atoms with Gasteiger partial charge in [-0.2, -0.15) is 0 Å². The molecule has 0 aliphatic heterocycles. The topological polar surface area (TPSA) is 35.2 Å². The van der Waals surface area contributed by atoms with Gasteiger partial charge >= 0.3 is 0 Å². The fourth-order valence-electron chi connectivity index (χ4n) is 1.99. The van der Waals surface area contributed by atoms with Gasteiger partial charge in [-0.25, -0.2) is 4.39 Å². The van der Waals surface area contributed by atoms with Gasteiger partial charge in [0.05, 0.1) is 6.10 Å². The van der Waals surface area contributed by atoms with Crippen molar-refractivity contribution in [3.05, 3.63) is 29.6 Å². The molecule has 0 fully saturated rings. The zero-order valence-electron chi connectivity index (χ0n) is 11.0. The van der Waals surface area contributed by atoms with Crippen molar-refractivity contribution in [1.29, 1.82) is 0 Å². The van der Waals surface area contributed by atoms with Crippen LogP contribution in [0.15, 0.2) is 18.2 Å². The molecule has 0 aliphatic rings. The van der Waals surface area contributed by atoms with Gasteiger partial charge in [-0.05, 0) is 38.3 Å². The van der Waals surface area contributed by atoms with E-state index in [1.165, 1.54) is 6.07 Å². The SMILES string of the molecule is CC(C)CC(C)Oc1cccc(F)c1[C@H](C)N. The van der Waals surface area contributed by atoms with Crippen LogP contribution >= 0.6 is 0 Å². The predicted octanol–water partition coefficient (Wildman–Crippen LogP) is 3.66. The molecule has 1 unspecified atom stereocenters. The first kappa shape index (κ1) is 14.0. The number of hydrogen-bond acceptors (Lipinski definition) is 2. The Morgan fingerprint density at radius 1 is 1.24 bits per heavy atom. The van der Waals surface area contributed by atoms with Crippen LogP contribution in [0.1, 0.15) is 45.7 Å². The van der Waals surface area contributed by atoms with Gasteiger partial charge in [0.2, 0.25) is 0 Å². The summed E-state index contributed by atoms with van der Waals surface area (Å²) in [5.41, 5.74) is 6.23. The van der Waals surface area contributed by atoms with Crippen molar-refractivity contribution in [1.82, 2.24) is 0 Å². The van der Waals surface area contributed by atoms with E-state index in [1.54, 1.807) is 19.1 Å². The fraction of sp³-hybridized carbons (Fsp3) is 0.571. The van der Waals surface area contributed by atoms with E-state index in [-0.39, 0.29) is 18.0 Å². The predicted molar refractivity (Wildman–Crippen MR) is 68.5 cm³/mol. The van der Waals surface area contributed by atoms with Crippen molar-refractivity contribution < 1.29 is 9.13 Å². The molecule has 0 aliphatic carbocycles. The van der Waals surface area contributed by atoms with Crippen molar-refractivity contribution >= 4 is 0 Å². The lowest BCUT2D eigenvalue weighted by Crippen LogP contribution is -2.17. The summed E-state index contributed by atoms with van der Waals surface area (Å²) >= 11 is 0. The van der Waals surface area contributed by atoms with Gasteiger partial charge in [-0.1, -0.05) is 19.9 Å². The largest absolute Gasteiger partial charge is 0.490 e. The number of benzene rings is 1. The molecular weight excluding hydrogens is 217 g/mol. The molecule has 1 aromatic carbocycles. The van der Waals surface area contributed by atoms with Gasteiger partial charge in [0.25, 0.3) is 0 Å². The van der Waals surface area contributed by atoms with Crippen molar-refractivity contribution in [3.8, 4) is 5.75 Å². The van der Waals surface area contributed by atoms with Gasteiger partial charge in [0.15, 0.2) is 0 Å². The van der Waals surface area contributed by atoms with Crippen LogP contribution in [-0.4, -0.2) is 6.10 Å². The van der Waals surface area contributed by atoms with Gasteiger partial charge < -0.3 is 10.5 Å². The highest BCUT2D eigenvalue weighted by Crippen LogP contribution is 2.28. The summed E-state index contributed by atoms with van der Waals surface area (Å²) in [6.07, 6.45) is 1.00. The number of hydrogen-bond donors (Lipinski definition) is 1. The molecule has 2 nitrogen and oxygen atoms in total. The molecular formula is C14H22FNO. The second-order valence-corrected chi connectivity index (χ2v) is 5.00. The minimum atomic E-state index is -0.363. The molecule has 2 N–H and O–H groups in total. The zero-order valence-corrected chi connectivity index (χ0v) is 11.0. The van der Waals surface area contributed by atoms with Crippen molar-refractivity contribution in [3.63, 3.8) is 0 Å². The third-order valence-corrected chi connectivity index (χ3v) is 2.60. The lowest BCUT2D eigenvalue weighted by molar-refractivity contribution is 0.190. The minimum absolute atomic E-state index is 0.0642. The van der Waals surface area contributed by atoms with Crippen LogP contribution in [-0.2, 0) is 0 Å². The molecule has 1 aromatic rings. The van der Waals surface area contributed by atoms with E-state index in [9.17, 15) is 4.39 Å². The molecule has 1 rings (SSSR count). The van der Waals surface area contributed by atoms with Crippen molar-refractivity contribution in [2.24, 2.45) is 11.7 Å². The molecule has 0 bridgehead atoms. The molecule has 0 radical (unpaired) electrons. The molecule has 0 saturated heterocycles. The van der Waals surface area contributed by atoms with E-state index in [1.807, 2.05) is 6.92 Å². The van der Waals surface area contributed by atoms with E-state index in [0.29, 0.717) is 17.2 Å². The maximum Gasteiger partial charge on any atom is 0.131 e. The third-order valence-electron chi connectivity index (χ3n) is 2.60. The lowest BCUT2D eigenvalue weighted by atomic mass is 10.1. The Balaban J connectivity index is 2.87. The van der Waals surface area contributed by atoms with Crippen LogP contribution in [0.25, 0.3) is 0 Å². The number of nitrogens with two attached hydrogens (primary N) is 1. The third kappa shape index (κ3) is 4.00. The Hall–Kier alpha value is -1.09. The highest BCUT2D eigenvalue weighted by molar-refractivity contribution is 5.36. The summed E-state index contributed by atoms with van der Waals surface area (Å²) < 4.78 is 19.4. The number of halogens is 1. The Bertz CT molecular complexity index is 363. The average Bonchev–Trinajstić information content (AvgIpc) is 2.15. The van der Waals surface area contributed by atoms with Crippen LogP contribution in [0.5, 0.6) is 5.75 Å². The molecule has 0 amide bonds. The first-order chi connectivity index (χ1) is 7.91. The summed E-state index contributed by atoms with van der Waals surface area (Å²) in [5.74, 6) is 0.819. The summed E-state index contributed by atoms with van der Waals surface area (Å²) in [4.78, 5) is 0. The second-order valence-electron chi connectivity index (χ2n) is 5.00. The smallest absolute Gasteiger partial charge is 0.131 e. The van der Waals surface area contributed by atoms with Crippen LogP contribution in [0, 0.1) is 11.7 Å². The molecule has 0 spiro atoms. The summed E-state index contributed by atoms with van der Waals surface area (Å²) in [6, 6.07) is 4.48. The molecule has 96 valence electrons. The summed E-state index contributed by atoms with van der Waals surface area (Å²) in [7, 11) is 0. The van der Waals surface area contributed by atoms with Crippen molar-refractivity contribution in [2.45, 2.75) is 46.3 Å². The molecule has 0 aromatic heterocycles. The van der Waals surface area contributed by atoms with Gasteiger partial charge in [-0.15, -0.1) is 0 Å². The summed E-state index contributed by atoms with van der Waals surface area (Å²) in [6.45, 7) is 8.03. The van der Waals surface area contributed by atoms with E-state index in [2.05, 4.69) is 13.8 Å². The number of ether oxygens (including phenoxy) is 1. The van der Waals surface area contributed by atoms with E-state index in [4.69, 9.17) is 10.5 Å². The Kier molecular flexibility index (Phi) is 4.94. The van der Waals surface area contributed by atoms with E-state index in [0.717, 1.165) is 6.42 Å². The molecule has 3 heteroatoms. The molecule has 2 atom stereocenters. The normalized spacial score (nSPS) is 14.8. The molecule has 0 saturated carbocycles. The van der Waals surface area contributed by atoms with E-state index >= 15 is 0 Å². The first-order valence-corrected chi connectivity index (χ1v) is 6.12. The van der Waals surface area contributed by atoms with Crippen LogP contribution in [0.4, 0.5) is 4.39 Å². The Morgan fingerprint density at radius 2 is 1.88 bits per heavy atom. The van der Waals surface area contributed by atoms with Crippen LogP contribution in [0.3, 0.4) is 0 Å². The first-order valence-electron chi connectivity index (χ1n) is 6.12. The minimum Gasteiger partial charge on any atom is -0.490 e. The zero-order chi connectivity index (χ0) is 13.0. The average molecular weight is 239 g/mol. The highest BCUT2D eigenvalue weighted by Gasteiger charge is 2.16. The summed E-state index contributed by atoms with van der Waals surface area (Å²) in [5, 5.41) is 0.